The molecule has 2 aromatic carbocycles. The van der Waals surface area contributed by atoms with Gasteiger partial charge in [0, 0.05) is 10.6 Å². The molecule has 0 aliphatic heterocycles. The fourth-order valence-corrected chi connectivity index (χ4v) is 3.29. The molecule has 3 rings (SSSR count). The molecule has 0 aliphatic rings. The number of halogens is 2. The third-order valence-corrected chi connectivity index (χ3v) is 5.00. The van der Waals surface area contributed by atoms with E-state index in [2.05, 4.69) is 15.5 Å². The highest BCUT2D eigenvalue weighted by atomic mass is 35.5. The van der Waals surface area contributed by atoms with Crippen LogP contribution in [0.2, 0.25) is 10.0 Å². The van der Waals surface area contributed by atoms with Crippen LogP contribution < -0.4 is 11.2 Å². The molecule has 0 aliphatic carbocycles. The van der Waals surface area contributed by atoms with Gasteiger partial charge in [-0.3, -0.25) is 4.79 Å². The summed E-state index contributed by atoms with van der Waals surface area (Å²) in [6, 6.07) is 12.7. The number of hydrogen-bond acceptors (Lipinski definition) is 5. The Kier molecular flexibility index (Phi) is 5.70. The second-order valence-electron chi connectivity index (χ2n) is 5.50. The minimum Gasteiger partial charge on any atom is -0.335 e. The van der Waals surface area contributed by atoms with Crippen LogP contribution in [0.1, 0.15) is 5.56 Å². The second-order valence-corrected chi connectivity index (χ2v) is 7.29. The van der Waals surface area contributed by atoms with Crippen molar-refractivity contribution in [2.24, 2.45) is 0 Å². The molecule has 0 saturated heterocycles. The van der Waals surface area contributed by atoms with Crippen molar-refractivity contribution in [3.8, 4) is 11.4 Å². The van der Waals surface area contributed by atoms with E-state index >= 15 is 0 Å². The lowest BCUT2D eigenvalue weighted by Crippen LogP contribution is -2.16. The molecule has 0 saturated carbocycles. The minimum atomic E-state index is -0.237. The molecule has 3 N–H and O–H groups in total. The van der Waals surface area contributed by atoms with Gasteiger partial charge in [0.05, 0.1) is 16.5 Å². The number of rotatable bonds is 5. The lowest BCUT2D eigenvalue weighted by atomic mass is 10.1. The summed E-state index contributed by atoms with van der Waals surface area (Å²) in [5, 5.41) is 12.2. The summed E-state index contributed by atoms with van der Waals surface area (Å²) >= 11 is 13.1. The third-order valence-electron chi connectivity index (χ3n) is 3.51. The number of benzene rings is 2. The molecule has 1 heterocycles. The Morgan fingerprint density at radius 3 is 2.62 bits per heavy atom. The Morgan fingerprint density at radius 1 is 1.19 bits per heavy atom. The lowest BCUT2D eigenvalue weighted by molar-refractivity contribution is -0.113. The fraction of sp³-hybridized carbons (Fsp3) is 0.118. The Morgan fingerprint density at radius 2 is 1.92 bits per heavy atom. The highest BCUT2D eigenvalue weighted by Gasteiger charge is 2.14. The first-order valence-corrected chi connectivity index (χ1v) is 9.33. The molecular formula is C17H15Cl2N5OS. The van der Waals surface area contributed by atoms with Crippen molar-refractivity contribution in [3.05, 3.63) is 58.1 Å². The zero-order chi connectivity index (χ0) is 18.7. The van der Waals surface area contributed by atoms with Gasteiger partial charge in [-0.05, 0) is 25.1 Å². The van der Waals surface area contributed by atoms with Gasteiger partial charge in [0.2, 0.25) is 11.1 Å². The van der Waals surface area contributed by atoms with E-state index in [4.69, 9.17) is 29.0 Å². The van der Waals surface area contributed by atoms with Crippen LogP contribution in [0.4, 0.5) is 5.69 Å². The summed E-state index contributed by atoms with van der Waals surface area (Å²) in [5.74, 6) is 6.47. The average Bonchev–Trinajstić information content (AvgIpc) is 2.97. The monoisotopic (exact) mass is 407 g/mol. The van der Waals surface area contributed by atoms with Crippen LogP contribution in [-0.2, 0) is 4.79 Å². The van der Waals surface area contributed by atoms with E-state index in [-0.39, 0.29) is 11.7 Å². The van der Waals surface area contributed by atoms with E-state index < -0.39 is 0 Å². The summed E-state index contributed by atoms with van der Waals surface area (Å²) in [5.41, 5.74) is 2.50. The first-order chi connectivity index (χ1) is 12.4. The first kappa shape index (κ1) is 18.6. The molecule has 0 fully saturated rings. The number of amides is 1. The Balaban J connectivity index is 1.64. The van der Waals surface area contributed by atoms with E-state index in [1.165, 1.54) is 16.4 Å². The molecule has 3 aromatic rings. The number of aromatic nitrogens is 3. The Hall–Kier alpha value is -2.22. The highest BCUT2D eigenvalue weighted by molar-refractivity contribution is 7.99. The summed E-state index contributed by atoms with van der Waals surface area (Å²) in [7, 11) is 0. The molecular weight excluding hydrogens is 393 g/mol. The van der Waals surface area contributed by atoms with Crippen molar-refractivity contribution in [3.63, 3.8) is 0 Å². The summed E-state index contributed by atoms with van der Waals surface area (Å²) < 4.78 is 1.37. The average molecular weight is 408 g/mol. The highest BCUT2D eigenvalue weighted by Crippen LogP contribution is 2.26. The minimum absolute atomic E-state index is 0.113. The molecule has 0 unspecified atom stereocenters. The molecule has 9 heteroatoms. The Labute approximate surface area is 164 Å². The van der Waals surface area contributed by atoms with Crippen molar-refractivity contribution in [2.45, 2.75) is 12.1 Å². The normalized spacial score (nSPS) is 10.7. The predicted octanol–water partition coefficient (Wildman–Crippen LogP) is 4.00. The van der Waals surface area contributed by atoms with Gasteiger partial charge in [0.15, 0.2) is 5.82 Å². The van der Waals surface area contributed by atoms with E-state index in [1.807, 2.05) is 31.2 Å². The molecule has 6 nitrogen and oxygen atoms in total. The summed E-state index contributed by atoms with van der Waals surface area (Å²) in [6.07, 6.45) is 0. The first-order valence-electron chi connectivity index (χ1n) is 7.59. The van der Waals surface area contributed by atoms with Crippen molar-refractivity contribution >= 4 is 46.6 Å². The van der Waals surface area contributed by atoms with Crippen molar-refractivity contribution in [1.82, 2.24) is 14.9 Å². The van der Waals surface area contributed by atoms with Gasteiger partial charge >= 0.3 is 0 Å². The smallest absolute Gasteiger partial charge is 0.234 e. The van der Waals surface area contributed by atoms with Crippen molar-refractivity contribution in [1.29, 1.82) is 0 Å². The number of thioether (sulfide) groups is 1. The largest absolute Gasteiger partial charge is 0.335 e. The fourth-order valence-electron chi connectivity index (χ4n) is 2.18. The molecule has 26 heavy (non-hydrogen) atoms. The van der Waals surface area contributed by atoms with E-state index in [1.54, 1.807) is 18.2 Å². The number of nitrogens with zero attached hydrogens (tertiary/aromatic N) is 3. The zero-order valence-electron chi connectivity index (χ0n) is 13.7. The molecule has 134 valence electrons. The van der Waals surface area contributed by atoms with Gasteiger partial charge in [0.25, 0.3) is 0 Å². The molecule has 0 radical (unpaired) electrons. The summed E-state index contributed by atoms with van der Waals surface area (Å²) in [6.45, 7) is 2.00. The van der Waals surface area contributed by atoms with Crippen LogP contribution in [0.5, 0.6) is 0 Å². The number of aryl methyl sites for hydroxylation is 1. The molecule has 0 atom stereocenters. The predicted molar refractivity (Wildman–Crippen MR) is 106 cm³/mol. The molecule has 1 amide bonds. The van der Waals surface area contributed by atoms with Gasteiger partial charge in [-0.1, -0.05) is 64.8 Å². The van der Waals surface area contributed by atoms with Crippen LogP contribution in [0.3, 0.4) is 0 Å². The van der Waals surface area contributed by atoms with Gasteiger partial charge in [-0.2, -0.15) is 0 Å². The topological polar surface area (TPSA) is 85.8 Å². The lowest BCUT2D eigenvalue weighted by Gasteiger charge is -2.07. The molecule has 0 bridgehead atoms. The number of hydrogen-bond donors (Lipinski definition) is 2. The number of carbonyl (C=O) groups excluding carboxylic acids is 1. The number of carbonyl (C=O) groups is 1. The summed E-state index contributed by atoms with van der Waals surface area (Å²) in [4.78, 5) is 12.1. The number of nitrogens with one attached hydrogen (secondary N) is 1. The molecule has 0 spiro atoms. The quantitative estimate of drug-likeness (QED) is 0.492. The van der Waals surface area contributed by atoms with Crippen LogP contribution in [0, 0.1) is 6.92 Å². The van der Waals surface area contributed by atoms with E-state index in [0.717, 1.165) is 11.1 Å². The number of nitrogen functional groups attached to an aromatic ring is 1. The standard InChI is InChI=1S/C17H15Cl2N5OS/c1-10-2-4-11(5-3-10)16-22-23-17(24(16)20)26-9-15(25)21-14-7-6-12(18)8-13(14)19/h2-8H,9,20H2,1H3,(H,21,25). The number of anilines is 1. The van der Waals surface area contributed by atoms with Gasteiger partial charge in [-0.15, -0.1) is 10.2 Å². The van der Waals surface area contributed by atoms with Crippen LogP contribution in [-0.4, -0.2) is 26.5 Å². The maximum absolute atomic E-state index is 12.1. The third kappa shape index (κ3) is 4.30. The van der Waals surface area contributed by atoms with Crippen LogP contribution in [0.25, 0.3) is 11.4 Å². The van der Waals surface area contributed by atoms with Gasteiger partial charge < -0.3 is 11.2 Å². The van der Waals surface area contributed by atoms with Crippen LogP contribution in [0.15, 0.2) is 47.6 Å². The molecule has 1 aromatic heterocycles. The number of nitrogens with two attached hydrogens (primary N) is 1. The SMILES string of the molecule is Cc1ccc(-c2nnc(SCC(=O)Nc3ccc(Cl)cc3Cl)n2N)cc1. The van der Waals surface area contributed by atoms with E-state index in [0.29, 0.717) is 26.7 Å². The maximum Gasteiger partial charge on any atom is 0.234 e. The van der Waals surface area contributed by atoms with Crippen molar-refractivity contribution in [2.75, 3.05) is 16.9 Å². The Bertz CT molecular complexity index is 943. The maximum atomic E-state index is 12.1. The van der Waals surface area contributed by atoms with Gasteiger partial charge in [-0.25, -0.2) is 4.68 Å². The van der Waals surface area contributed by atoms with Gasteiger partial charge in [0.1, 0.15) is 0 Å². The van der Waals surface area contributed by atoms with E-state index in [9.17, 15) is 4.79 Å². The van der Waals surface area contributed by atoms with Crippen molar-refractivity contribution < 1.29 is 4.79 Å². The zero-order valence-corrected chi connectivity index (χ0v) is 16.1. The second kappa shape index (κ2) is 7.99. The van der Waals surface area contributed by atoms with Crippen LogP contribution >= 0.6 is 35.0 Å².